The van der Waals surface area contributed by atoms with Gasteiger partial charge in [-0.1, -0.05) is 41.9 Å². The number of thioether (sulfide) groups is 1. The smallest absolute Gasteiger partial charge is 0.272 e. The summed E-state index contributed by atoms with van der Waals surface area (Å²) in [6, 6.07) is 16.7. The van der Waals surface area contributed by atoms with E-state index in [0.29, 0.717) is 23.3 Å². The molecule has 1 aromatic heterocycles. The summed E-state index contributed by atoms with van der Waals surface area (Å²) in [5.41, 5.74) is 4.78. The normalized spacial score (nSPS) is 12.7. The molecule has 0 unspecified atom stereocenters. The summed E-state index contributed by atoms with van der Waals surface area (Å²) < 4.78 is 1.80. The number of nitrogens with one attached hydrogen (secondary N) is 1. The number of nitrogens with zero attached hydrogens (tertiary/aromatic N) is 3. The molecule has 1 aliphatic heterocycles. The highest BCUT2D eigenvalue weighted by atomic mass is 35.5. The number of fused-ring (bicyclic) bond motifs is 3. The van der Waals surface area contributed by atoms with E-state index < -0.39 is 0 Å². The lowest BCUT2D eigenvalue weighted by atomic mass is 10.1. The minimum atomic E-state index is -0.119. The first kappa shape index (κ1) is 21.9. The van der Waals surface area contributed by atoms with Crippen LogP contribution in [0.1, 0.15) is 35.5 Å². The highest BCUT2D eigenvalue weighted by Gasteiger charge is 2.27. The van der Waals surface area contributed by atoms with Gasteiger partial charge in [0.2, 0.25) is 0 Å². The molecule has 0 saturated heterocycles. The Labute approximate surface area is 192 Å². The van der Waals surface area contributed by atoms with Gasteiger partial charge in [-0.25, -0.2) is 0 Å². The molecule has 162 valence electrons. The fraction of sp³-hybridized carbons (Fsp3) is 0.333. The van der Waals surface area contributed by atoms with E-state index in [0.717, 1.165) is 35.7 Å². The second kappa shape index (κ2) is 9.47. The maximum atomic E-state index is 13.0. The number of benzene rings is 2. The Balaban J connectivity index is 1.45. The van der Waals surface area contributed by atoms with Crippen LogP contribution in [0.25, 0.3) is 11.3 Å². The molecule has 0 spiro atoms. The van der Waals surface area contributed by atoms with Crippen molar-refractivity contribution in [1.82, 2.24) is 20.0 Å². The summed E-state index contributed by atoms with van der Waals surface area (Å²) in [7, 11) is 1.89. The number of amides is 1. The van der Waals surface area contributed by atoms with E-state index in [1.165, 1.54) is 10.5 Å². The molecule has 7 heteroatoms. The van der Waals surface area contributed by atoms with E-state index in [-0.39, 0.29) is 5.91 Å². The SMILES string of the molecule is CC(C)N(CCNC(=O)c1nn(C)c2c1CSc1ccc(Cl)cc1-2)Cc1ccccc1. The van der Waals surface area contributed by atoms with Crippen LogP contribution in [0.15, 0.2) is 53.4 Å². The molecule has 0 bridgehead atoms. The molecular formula is C24H27ClN4OS. The van der Waals surface area contributed by atoms with E-state index >= 15 is 0 Å². The van der Waals surface area contributed by atoms with Gasteiger partial charge in [0.15, 0.2) is 5.69 Å². The quantitative estimate of drug-likeness (QED) is 0.546. The molecule has 2 aromatic carbocycles. The van der Waals surface area contributed by atoms with E-state index in [1.807, 2.05) is 31.3 Å². The van der Waals surface area contributed by atoms with Crippen molar-refractivity contribution in [2.45, 2.75) is 37.1 Å². The Hall–Kier alpha value is -2.28. The third-order valence-electron chi connectivity index (χ3n) is 5.57. The zero-order chi connectivity index (χ0) is 22.0. The van der Waals surface area contributed by atoms with Crippen LogP contribution >= 0.6 is 23.4 Å². The highest BCUT2D eigenvalue weighted by Crippen LogP contribution is 2.43. The zero-order valence-electron chi connectivity index (χ0n) is 18.1. The van der Waals surface area contributed by atoms with Crippen LogP contribution in [0.3, 0.4) is 0 Å². The zero-order valence-corrected chi connectivity index (χ0v) is 19.6. The molecular weight excluding hydrogens is 428 g/mol. The third-order valence-corrected chi connectivity index (χ3v) is 6.91. The molecule has 5 nitrogen and oxygen atoms in total. The Kier molecular flexibility index (Phi) is 6.70. The largest absolute Gasteiger partial charge is 0.349 e. The summed E-state index contributed by atoms with van der Waals surface area (Å²) >= 11 is 7.94. The highest BCUT2D eigenvalue weighted by molar-refractivity contribution is 7.98. The standard InChI is InChI=1S/C24H27ClN4OS/c1-16(2)29(14-17-7-5-4-6-8-17)12-11-26-24(30)22-20-15-31-21-10-9-18(25)13-19(21)23(20)28(3)27-22/h4-10,13,16H,11-12,14-15H2,1-3H3,(H,26,30). The van der Waals surface area contributed by atoms with Crippen molar-refractivity contribution >= 4 is 29.3 Å². The summed E-state index contributed by atoms with van der Waals surface area (Å²) in [6.07, 6.45) is 0. The number of carbonyl (C=O) groups excluding carboxylic acids is 1. The monoisotopic (exact) mass is 454 g/mol. The Morgan fingerprint density at radius 2 is 2.03 bits per heavy atom. The topological polar surface area (TPSA) is 50.2 Å². The van der Waals surface area contributed by atoms with Gasteiger partial charge in [-0.15, -0.1) is 11.8 Å². The molecule has 3 aromatic rings. The van der Waals surface area contributed by atoms with Crippen molar-refractivity contribution in [3.63, 3.8) is 0 Å². The van der Waals surface area contributed by atoms with Crippen LogP contribution in [0.4, 0.5) is 0 Å². The number of rotatable bonds is 7. The maximum Gasteiger partial charge on any atom is 0.272 e. The lowest BCUT2D eigenvalue weighted by Gasteiger charge is -2.26. The van der Waals surface area contributed by atoms with E-state index in [2.05, 4.69) is 53.4 Å². The molecule has 0 atom stereocenters. The van der Waals surface area contributed by atoms with E-state index in [4.69, 9.17) is 11.6 Å². The molecule has 0 saturated carbocycles. The Morgan fingerprint density at radius 3 is 2.77 bits per heavy atom. The van der Waals surface area contributed by atoms with E-state index in [9.17, 15) is 4.79 Å². The average molecular weight is 455 g/mol. The lowest BCUT2D eigenvalue weighted by Crippen LogP contribution is -2.38. The van der Waals surface area contributed by atoms with Crippen molar-refractivity contribution in [2.75, 3.05) is 13.1 Å². The van der Waals surface area contributed by atoms with Crippen molar-refractivity contribution < 1.29 is 4.79 Å². The predicted octanol–water partition coefficient (Wildman–Crippen LogP) is 4.99. The first-order chi connectivity index (χ1) is 14.9. The Bertz CT molecular complexity index is 1080. The third kappa shape index (κ3) is 4.81. The van der Waals surface area contributed by atoms with Crippen LogP contribution in [0.2, 0.25) is 5.02 Å². The van der Waals surface area contributed by atoms with Gasteiger partial charge in [-0.2, -0.15) is 5.10 Å². The lowest BCUT2D eigenvalue weighted by molar-refractivity contribution is 0.0938. The number of aromatic nitrogens is 2. The van der Waals surface area contributed by atoms with Crippen LogP contribution in [0.5, 0.6) is 0 Å². The van der Waals surface area contributed by atoms with Crippen LogP contribution in [0, 0.1) is 0 Å². The molecule has 1 N–H and O–H groups in total. The van der Waals surface area contributed by atoms with Gasteiger partial charge in [0.25, 0.3) is 5.91 Å². The second-order valence-corrected chi connectivity index (χ2v) is 9.49. The minimum Gasteiger partial charge on any atom is -0.349 e. The van der Waals surface area contributed by atoms with Gasteiger partial charge in [0, 0.05) is 59.5 Å². The minimum absolute atomic E-state index is 0.119. The molecule has 0 radical (unpaired) electrons. The molecule has 1 aliphatic rings. The Morgan fingerprint density at radius 1 is 1.26 bits per heavy atom. The van der Waals surface area contributed by atoms with Crippen molar-refractivity contribution in [3.8, 4) is 11.3 Å². The van der Waals surface area contributed by atoms with Crippen LogP contribution in [-0.4, -0.2) is 39.7 Å². The van der Waals surface area contributed by atoms with Crippen molar-refractivity contribution in [1.29, 1.82) is 0 Å². The fourth-order valence-electron chi connectivity index (χ4n) is 3.92. The molecule has 1 amide bonds. The molecule has 31 heavy (non-hydrogen) atoms. The fourth-order valence-corrected chi connectivity index (χ4v) is 5.14. The summed E-state index contributed by atoms with van der Waals surface area (Å²) in [5.74, 6) is 0.610. The number of hydrogen-bond acceptors (Lipinski definition) is 4. The predicted molar refractivity (Wildman–Crippen MR) is 128 cm³/mol. The maximum absolute atomic E-state index is 13.0. The van der Waals surface area contributed by atoms with Gasteiger partial charge < -0.3 is 5.32 Å². The number of halogens is 1. The van der Waals surface area contributed by atoms with E-state index in [1.54, 1.807) is 16.4 Å². The molecule has 0 fully saturated rings. The number of aryl methyl sites for hydroxylation is 1. The van der Waals surface area contributed by atoms with Crippen LogP contribution in [-0.2, 0) is 19.3 Å². The molecule has 2 heterocycles. The summed E-state index contributed by atoms with van der Waals surface area (Å²) in [4.78, 5) is 16.5. The first-order valence-corrected chi connectivity index (χ1v) is 11.8. The second-order valence-electron chi connectivity index (χ2n) is 8.03. The summed E-state index contributed by atoms with van der Waals surface area (Å²) in [6.45, 7) is 6.58. The first-order valence-electron chi connectivity index (χ1n) is 10.5. The van der Waals surface area contributed by atoms with Gasteiger partial charge in [0.1, 0.15) is 0 Å². The average Bonchev–Trinajstić information content (AvgIpc) is 3.10. The number of hydrogen-bond donors (Lipinski definition) is 1. The van der Waals surface area contributed by atoms with Gasteiger partial charge in [0.05, 0.1) is 5.69 Å². The molecule has 0 aliphatic carbocycles. The molecule has 4 rings (SSSR count). The number of carbonyl (C=O) groups is 1. The van der Waals surface area contributed by atoms with Crippen molar-refractivity contribution in [3.05, 3.63) is 70.4 Å². The van der Waals surface area contributed by atoms with Gasteiger partial charge in [-0.05, 0) is 37.6 Å². The summed E-state index contributed by atoms with van der Waals surface area (Å²) in [5, 5.41) is 8.32. The van der Waals surface area contributed by atoms with Crippen LogP contribution < -0.4 is 5.32 Å². The van der Waals surface area contributed by atoms with Gasteiger partial charge in [-0.3, -0.25) is 14.4 Å². The van der Waals surface area contributed by atoms with Gasteiger partial charge >= 0.3 is 0 Å². The van der Waals surface area contributed by atoms with Crippen molar-refractivity contribution in [2.24, 2.45) is 7.05 Å².